The largest absolute Gasteiger partial charge is 0.314 e. The summed E-state index contributed by atoms with van der Waals surface area (Å²) >= 11 is 0. The molecule has 0 aromatic heterocycles. The number of para-hydroxylation sites is 2. The molecule has 7 aromatic rings. The standard InChI is InChI=1S/C59H54N4/c1-6-8-22-48(7-2)60(57-27-16-15-19-45(3)42-57)51-30-32-52(33-31-51)61(53-34-38-55(39-35-53)62(49-23-11-9-12-24-49)58-28-17-20-46(4)43-58)54-36-40-56(41-37-54)63(50-25-13-10-14-26-50)59-29-18-21-47(5)44-59/h6-26,28-44H,1,27H2,2-5H3/b22-8-,48-7+. The summed E-state index contributed by atoms with van der Waals surface area (Å²) in [6, 6.07) is 65.3. The predicted octanol–water partition coefficient (Wildman–Crippen LogP) is 17.0. The van der Waals surface area contributed by atoms with E-state index in [1.54, 1.807) is 0 Å². The van der Waals surface area contributed by atoms with Gasteiger partial charge in [-0.2, -0.15) is 0 Å². The van der Waals surface area contributed by atoms with Crippen molar-refractivity contribution < 1.29 is 0 Å². The Morgan fingerprint density at radius 1 is 0.476 bits per heavy atom. The van der Waals surface area contributed by atoms with E-state index in [1.807, 2.05) is 12.2 Å². The van der Waals surface area contributed by atoms with Gasteiger partial charge in [0.15, 0.2) is 0 Å². The van der Waals surface area contributed by atoms with Crippen molar-refractivity contribution in [3.8, 4) is 0 Å². The van der Waals surface area contributed by atoms with E-state index in [2.05, 4.69) is 272 Å². The van der Waals surface area contributed by atoms with Crippen LogP contribution in [0.5, 0.6) is 0 Å². The van der Waals surface area contributed by atoms with Gasteiger partial charge in [-0.15, -0.1) is 0 Å². The number of hydrogen-bond donors (Lipinski definition) is 0. The molecule has 0 atom stereocenters. The topological polar surface area (TPSA) is 13.0 Å². The molecule has 0 aliphatic heterocycles. The van der Waals surface area contributed by atoms with Gasteiger partial charge >= 0.3 is 0 Å². The number of anilines is 10. The van der Waals surface area contributed by atoms with Crippen molar-refractivity contribution in [3.63, 3.8) is 0 Å². The second kappa shape index (κ2) is 19.7. The summed E-state index contributed by atoms with van der Waals surface area (Å²) in [5.74, 6) is 0. The third-order valence-electron chi connectivity index (χ3n) is 11.1. The highest BCUT2D eigenvalue weighted by atomic mass is 15.2. The van der Waals surface area contributed by atoms with Crippen LogP contribution in [0, 0.1) is 13.8 Å². The summed E-state index contributed by atoms with van der Waals surface area (Å²) in [5.41, 5.74) is 16.7. The molecule has 4 nitrogen and oxygen atoms in total. The van der Waals surface area contributed by atoms with Gasteiger partial charge in [0, 0.05) is 74.7 Å². The van der Waals surface area contributed by atoms with Gasteiger partial charge in [0.05, 0.1) is 0 Å². The fourth-order valence-electron chi connectivity index (χ4n) is 8.16. The fourth-order valence-corrected chi connectivity index (χ4v) is 8.16. The van der Waals surface area contributed by atoms with Crippen LogP contribution in [-0.2, 0) is 0 Å². The zero-order valence-corrected chi connectivity index (χ0v) is 36.6. The molecule has 1 aliphatic carbocycles. The van der Waals surface area contributed by atoms with Crippen molar-refractivity contribution in [1.29, 1.82) is 0 Å². The highest BCUT2D eigenvalue weighted by Gasteiger charge is 2.20. The Balaban J connectivity index is 1.23. The van der Waals surface area contributed by atoms with Crippen molar-refractivity contribution in [2.75, 3.05) is 19.6 Å². The van der Waals surface area contributed by atoms with E-state index in [0.717, 1.165) is 69.0 Å². The smallest absolute Gasteiger partial charge is 0.0464 e. The summed E-state index contributed by atoms with van der Waals surface area (Å²) in [4.78, 5) is 9.32. The monoisotopic (exact) mass is 818 g/mol. The van der Waals surface area contributed by atoms with Gasteiger partial charge in [0.25, 0.3) is 0 Å². The highest BCUT2D eigenvalue weighted by molar-refractivity contribution is 5.84. The lowest BCUT2D eigenvalue weighted by Crippen LogP contribution is -2.21. The lowest BCUT2D eigenvalue weighted by atomic mass is 10.1. The fraction of sp³-hybridized carbons (Fsp3) is 0.0847. The van der Waals surface area contributed by atoms with Crippen molar-refractivity contribution in [2.24, 2.45) is 0 Å². The number of hydrogen-bond acceptors (Lipinski definition) is 4. The summed E-state index contributed by atoms with van der Waals surface area (Å²) < 4.78 is 0. The van der Waals surface area contributed by atoms with E-state index in [9.17, 15) is 0 Å². The van der Waals surface area contributed by atoms with Crippen LogP contribution in [-0.4, -0.2) is 0 Å². The lowest BCUT2D eigenvalue weighted by molar-refractivity contribution is 1.03. The van der Waals surface area contributed by atoms with Crippen molar-refractivity contribution in [1.82, 2.24) is 0 Å². The highest BCUT2D eigenvalue weighted by Crippen LogP contribution is 2.42. The molecule has 0 N–H and O–H groups in total. The zero-order chi connectivity index (χ0) is 43.5. The maximum absolute atomic E-state index is 3.95. The number of rotatable bonds is 14. The molecule has 0 bridgehead atoms. The Morgan fingerprint density at radius 2 is 0.873 bits per heavy atom. The van der Waals surface area contributed by atoms with Gasteiger partial charge in [-0.25, -0.2) is 0 Å². The van der Waals surface area contributed by atoms with E-state index in [-0.39, 0.29) is 0 Å². The molecule has 0 heterocycles. The van der Waals surface area contributed by atoms with Crippen LogP contribution >= 0.6 is 0 Å². The number of aryl methyl sites for hydroxylation is 2. The molecule has 310 valence electrons. The van der Waals surface area contributed by atoms with Crippen LogP contribution in [0.2, 0.25) is 0 Å². The molecular weight excluding hydrogens is 765 g/mol. The van der Waals surface area contributed by atoms with E-state index < -0.39 is 0 Å². The average Bonchev–Trinajstić information content (AvgIpc) is 3.54. The summed E-state index contributed by atoms with van der Waals surface area (Å²) in [5, 5.41) is 0. The number of allylic oxidation sites excluding steroid dienone is 9. The van der Waals surface area contributed by atoms with E-state index >= 15 is 0 Å². The lowest BCUT2D eigenvalue weighted by Gasteiger charge is -2.31. The summed E-state index contributed by atoms with van der Waals surface area (Å²) in [6.07, 6.45) is 17.7. The molecule has 4 heteroatoms. The van der Waals surface area contributed by atoms with E-state index in [4.69, 9.17) is 0 Å². The molecular formula is C59H54N4. The molecule has 0 unspecified atom stereocenters. The van der Waals surface area contributed by atoms with Crippen LogP contribution < -0.4 is 19.6 Å². The third-order valence-corrected chi connectivity index (χ3v) is 11.1. The third kappa shape index (κ3) is 9.72. The number of nitrogens with zero attached hydrogens (tertiary/aromatic N) is 4. The first-order chi connectivity index (χ1) is 30.9. The molecule has 1 aliphatic rings. The first kappa shape index (κ1) is 41.9. The maximum atomic E-state index is 3.95. The minimum Gasteiger partial charge on any atom is -0.314 e. The molecule has 0 saturated carbocycles. The molecule has 0 radical (unpaired) electrons. The maximum Gasteiger partial charge on any atom is 0.0464 e. The Hall–Kier alpha value is -7.82. The van der Waals surface area contributed by atoms with Crippen molar-refractivity contribution in [3.05, 3.63) is 265 Å². The van der Waals surface area contributed by atoms with Gasteiger partial charge in [0.1, 0.15) is 0 Å². The minimum absolute atomic E-state index is 0.810. The minimum atomic E-state index is 0.810. The first-order valence-electron chi connectivity index (χ1n) is 21.6. The van der Waals surface area contributed by atoms with Gasteiger partial charge in [0.2, 0.25) is 0 Å². The first-order valence-corrected chi connectivity index (χ1v) is 21.6. The van der Waals surface area contributed by atoms with E-state index in [1.165, 1.54) is 22.4 Å². The average molecular weight is 819 g/mol. The Bertz CT molecular complexity index is 2660. The Kier molecular flexibility index (Phi) is 13.1. The van der Waals surface area contributed by atoms with E-state index in [0.29, 0.717) is 0 Å². The summed E-state index contributed by atoms with van der Waals surface area (Å²) in [7, 11) is 0. The van der Waals surface area contributed by atoms with Crippen molar-refractivity contribution in [2.45, 2.75) is 34.1 Å². The molecule has 63 heavy (non-hydrogen) atoms. The quantitative estimate of drug-likeness (QED) is 0.101. The Morgan fingerprint density at radius 3 is 1.29 bits per heavy atom. The molecule has 0 fully saturated rings. The van der Waals surface area contributed by atoms with Crippen LogP contribution in [0.3, 0.4) is 0 Å². The van der Waals surface area contributed by atoms with Crippen molar-refractivity contribution >= 4 is 56.9 Å². The molecule has 0 amide bonds. The normalized spacial score (nSPS) is 12.6. The van der Waals surface area contributed by atoms with Gasteiger partial charge < -0.3 is 19.6 Å². The van der Waals surface area contributed by atoms with Gasteiger partial charge in [-0.05, 0) is 178 Å². The molecule has 7 aromatic carbocycles. The zero-order valence-electron chi connectivity index (χ0n) is 36.6. The second-order valence-electron chi connectivity index (χ2n) is 15.7. The van der Waals surface area contributed by atoms with Gasteiger partial charge in [-0.1, -0.05) is 104 Å². The predicted molar refractivity (Wildman–Crippen MR) is 271 cm³/mol. The van der Waals surface area contributed by atoms with Crippen LogP contribution in [0.25, 0.3) is 0 Å². The molecule has 0 spiro atoms. The van der Waals surface area contributed by atoms with Crippen LogP contribution in [0.1, 0.15) is 31.4 Å². The second-order valence-corrected chi connectivity index (χ2v) is 15.7. The Labute approximate surface area is 374 Å². The van der Waals surface area contributed by atoms with Crippen LogP contribution in [0.4, 0.5) is 56.9 Å². The summed E-state index contributed by atoms with van der Waals surface area (Å²) in [6.45, 7) is 12.5. The SMILES string of the molecule is C=C/C=C\C(=C/C)N(C1=CC(C)=CC=CC1)c1ccc(N(c2ccc(N(c3ccccc3)c3cccc(C)c3)cc2)c2ccc(N(c3ccccc3)c3cccc(C)c3)cc2)cc1. The molecule has 8 rings (SSSR count). The number of benzene rings is 7. The van der Waals surface area contributed by atoms with Crippen LogP contribution in [0.15, 0.2) is 254 Å². The molecule has 0 saturated heterocycles. The van der Waals surface area contributed by atoms with Gasteiger partial charge in [-0.3, -0.25) is 0 Å².